The Bertz CT molecular complexity index is 2130. The third-order valence-corrected chi connectivity index (χ3v) is 17.6. The van der Waals surface area contributed by atoms with Crippen molar-refractivity contribution in [2.45, 2.75) is 144 Å². The molecular formula is C64H93FN3O4Si-. The van der Waals surface area contributed by atoms with Gasteiger partial charge in [-0.2, -0.15) is 0 Å². The fourth-order valence-corrected chi connectivity index (χ4v) is 12.9. The molecule has 0 aliphatic heterocycles. The van der Waals surface area contributed by atoms with Crippen molar-refractivity contribution in [1.29, 1.82) is 0 Å². The Morgan fingerprint density at radius 2 is 0.808 bits per heavy atom. The number of unbranched alkanes of at least 4 members (excludes halogenated alkanes) is 10. The van der Waals surface area contributed by atoms with Gasteiger partial charge in [0.05, 0.1) is 13.2 Å². The Morgan fingerprint density at radius 1 is 0.466 bits per heavy atom. The van der Waals surface area contributed by atoms with Crippen molar-refractivity contribution in [3.63, 3.8) is 0 Å². The number of hydrogen-bond donors (Lipinski definition) is 1. The number of anilines is 2. The first-order chi connectivity index (χ1) is 35.5. The van der Waals surface area contributed by atoms with E-state index < -0.39 is 8.32 Å². The van der Waals surface area contributed by atoms with E-state index in [9.17, 15) is 0 Å². The molecule has 6 aromatic rings. The van der Waals surface area contributed by atoms with E-state index in [1.807, 2.05) is 90.8 Å². The lowest BCUT2D eigenvalue weighted by atomic mass is 10.1. The molecule has 9 heteroatoms. The molecule has 73 heavy (non-hydrogen) atoms. The summed E-state index contributed by atoms with van der Waals surface area (Å²) < 4.78 is 27.6. The van der Waals surface area contributed by atoms with Crippen LogP contribution >= 0.6 is 0 Å². The lowest BCUT2D eigenvalue weighted by molar-refractivity contribution is 0.302. The molecule has 2 N–H and O–H groups in total. The van der Waals surface area contributed by atoms with Crippen LogP contribution in [0.4, 0.5) is 15.9 Å². The van der Waals surface area contributed by atoms with Crippen LogP contribution in [-0.4, -0.2) is 53.8 Å². The second-order valence-corrected chi connectivity index (χ2v) is 23.8. The molecule has 0 bridgehead atoms. The average Bonchev–Trinajstić information content (AvgIpc) is 3.43. The summed E-state index contributed by atoms with van der Waals surface area (Å²) in [5.41, 5.74) is 4.47. The molecule has 0 amide bonds. The number of halogens is 1. The molecule has 0 spiro atoms. The van der Waals surface area contributed by atoms with Crippen molar-refractivity contribution in [3.8, 4) is 11.5 Å². The predicted octanol–water partition coefficient (Wildman–Crippen LogP) is 16.6. The molecule has 0 aliphatic carbocycles. The van der Waals surface area contributed by atoms with Gasteiger partial charge in [-0.15, -0.1) is 0 Å². The van der Waals surface area contributed by atoms with Crippen molar-refractivity contribution < 1.29 is 23.5 Å². The third kappa shape index (κ3) is 24.9. The van der Waals surface area contributed by atoms with Crippen LogP contribution in [0.1, 0.15) is 137 Å². The third-order valence-electron chi connectivity index (χ3n) is 12.5. The molecule has 6 aromatic carbocycles. The number of nitrogens with one attached hydrogen (secondary N) is 1. The zero-order valence-electron chi connectivity index (χ0n) is 46.3. The lowest BCUT2D eigenvalue weighted by Gasteiger charge is -2.43. The number of rotatable bonds is 26. The fourth-order valence-electron chi connectivity index (χ4n) is 8.32. The summed E-state index contributed by atoms with van der Waals surface area (Å²) in [4.78, 5) is 4.24. The maximum Gasteiger partial charge on any atom is 0.261 e. The first-order valence-corrected chi connectivity index (χ1v) is 28.9. The van der Waals surface area contributed by atoms with Crippen LogP contribution < -0.4 is 29.6 Å². The number of aliphatic hydroxyl groups excluding tert-OH is 1. The van der Waals surface area contributed by atoms with Crippen LogP contribution in [0.2, 0.25) is 5.04 Å². The van der Waals surface area contributed by atoms with Gasteiger partial charge in [-0.3, -0.25) is 0 Å². The molecule has 6 rings (SSSR count). The average molecular weight is 1020 g/mol. The first-order valence-electron chi connectivity index (χ1n) is 27.0. The topological polar surface area (TPSA) is 78.2 Å². The van der Waals surface area contributed by atoms with Crippen LogP contribution in [0.25, 0.3) is 5.96 Å². The van der Waals surface area contributed by atoms with Gasteiger partial charge in [-0.05, 0) is 50.8 Å². The Morgan fingerprint density at radius 3 is 1.14 bits per heavy atom. The number of aliphatic hydroxyl groups is 1. The molecule has 0 saturated carbocycles. The van der Waals surface area contributed by atoms with E-state index in [0.29, 0.717) is 26.4 Å². The number of benzene rings is 6. The highest BCUT2D eigenvalue weighted by atomic mass is 28.4. The molecule has 0 unspecified atom stereocenters. The normalized spacial score (nSPS) is 10.7. The van der Waals surface area contributed by atoms with Gasteiger partial charge in [-0.1, -0.05) is 259 Å². The second-order valence-electron chi connectivity index (χ2n) is 19.5. The molecule has 0 aliphatic rings. The summed E-state index contributed by atoms with van der Waals surface area (Å²) in [7, 11) is 1.54. The van der Waals surface area contributed by atoms with E-state index in [1.54, 1.807) is 0 Å². The van der Waals surface area contributed by atoms with Crippen molar-refractivity contribution in [2.24, 2.45) is 0 Å². The zero-order valence-corrected chi connectivity index (χ0v) is 47.3. The number of likely N-dealkylation sites (N-methyl/N-ethyl adjacent to an activating group) is 2. The van der Waals surface area contributed by atoms with Gasteiger partial charge in [0.25, 0.3) is 8.32 Å². The minimum Gasteiger partial charge on any atom is -0.507 e. The van der Waals surface area contributed by atoms with Crippen LogP contribution in [-0.2, 0) is 17.6 Å². The second kappa shape index (κ2) is 39.1. The van der Waals surface area contributed by atoms with Crippen molar-refractivity contribution in [1.82, 2.24) is 0 Å². The maximum atomic E-state index is 8.95. The Labute approximate surface area is 444 Å². The maximum absolute atomic E-state index is 8.95. The van der Waals surface area contributed by atoms with Gasteiger partial charge in [-0.25, -0.2) is 0 Å². The molecule has 7 nitrogen and oxygen atoms in total. The summed E-state index contributed by atoms with van der Waals surface area (Å²) in [6, 6.07) is 58.2. The monoisotopic (exact) mass is 1010 g/mol. The minimum absolute atomic E-state index is 0.0283. The number of ether oxygens (including phenoxy) is 2. The van der Waals surface area contributed by atoms with Crippen LogP contribution in [0.15, 0.2) is 170 Å². The molecule has 0 atom stereocenters. The highest BCUT2D eigenvalue weighted by Gasteiger charge is 2.50. The Kier molecular flexibility index (Phi) is 34.1. The van der Waals surface area contributed by atoms with Gasteiger partial charge in [0.15, 0.2) is 0 Å². The Balaban J connectivity index is 0.000000408. The van der Waals surface area contributed by atoms with E-state index in [4.69, 9.17) is 23.5 Å². The van der Waals surface area contributed by atoms with Gasteiger partial charge in [0, 0.05) is 50.7 Å². The molecule has 400 valence electrons. The van der Waals surface area contributed by atoms with E-state index in [-0.39, 0.29) is 11.6 Å². The molecule has 0 aromatic heterocycles. The van der Waals surface area contributed by atoms with Gasteiger partial charge in [0.1, 0.15) is 24.7 Å². The molecular weight excluding hydrogens is 922 g/mol. The molecule has 0 radical (unpaired) electrons. The zero-order chi connectivity index (χ0) is 53.4. The summed E-state index contributed by atoms with van der Waals surface area (Å²) in [6.45, 7) is 19.3. The molecule has 0 saturated heterocycles. The van der Waals surface area contributed by atoms with Crippen LogP contribution in [0.5, 0.6) is 11.5 Å². The molecule has 0 fully saturated rings. The minimum atomic E-state index is -2.53. The van der Waals surface area contributed by atoms with E-state index >= 15 is 0 Å². The van der Waals surface area contributed by atoms with Crippen molar-refractivity contribution in [3.05, 3.63) is 187 Å². The first kappa shape index (κ1) is 63.7. The van der Waals surface area contributed by atoms with E-state index in [2.05, 4.69) is 157 Å². The lowest BCUT2D eigenvalue weighted by Crippen LogP contribution is -2.67. The summed E-state index contributed by atoms with van der Waals surface area (Å²) in [6.07, 6.45) is 17.0. The highest BCUT2D eigenvalue weighted by Crippen LogP contribution is 2.37. The quantitative estimate of drug-likeness (QED) is 0.0431. The number of hydrogen-bond acceptors (Lipinski definition) is 6. The van der Waals surface area contributed by atoms with Crippen LogP contribution in [0, 0.1) is 0 Å². The standard InChI is InChI=1S/C32H37NO2Si.C16H19NO2.2C8H18.FHN/c1-32(2,3)36(30-19-10-6-11-20-30,31-21-12-7-13-22-31)35-24-23-33(4)28-17-14-18-29(25-28)34-26-27-15-8-5-9-16-27;1-17(10-11-18)15-8-5-9-16(12-15)19-13-14-6-3-2-4-7-14;2*1-3-5-7-8-6-4-2;1-2/h5-22,25H,23-24,26H2,1-4H3;2-9,12,18H,10-11,13H2,1H3;2*3-8H2,1-2H3;2H/q;;;;-1. The fraction of sp³-hybridized carbons (Fsp3) is 0.438. The van der Waals surface area contributed by atoms with Crippen molar-refractivity contribution in [2.75, 3.05) is 50.2 Å². The largest absolute Gasteiger partial charge is 0.507 e. The van der Waals surface area contributed by atoms with Crippen LogP contribution in [0.3, 0.4) is 0 Å². The van der Waals surface area contributed by atoms with Gasteiger partial charge < -0.3 is 39.2 Å². The highest BCUT2D eigenvalue weighted by molar-refractivity contribution is 6.99. The summed E-state index contributed by atoms with van der Waals surface area (Å²) in [5.74, 6) is 5.96. The van der Waals surface area contributed by atoms with Gasteiger partial charge in [0.2, 0.25) is 0 Å². The smallest absolute Gasteiger partial charge is 0.261 e. The predicted molar refractivity (Wildman–Crippen MR) is 315 cm³/mol. The summed E-state index contributed by atoms with van der Waals surface area (Å²) >= 11 is 0. The Hall–Kier alpha value is -5.45. The summed E-state index contributed by atoms with van der Waals surface area (Å²) in [5, 5.41) is 11.5. The van der Waals surface area contributed by atoms with E-state index in [1.165, 1.54) is 87.4 Å². The van der Waals surface area contributed by atoms with Crippen molar-refractivity contribution >= 4 is 30.1 Å². The van der Waals surface area contributed by atoms with Gasteiger partial charge >= 0.3 is 0 Å². The number of nitrogens with zero attached hydrogens (tertiary/aromatic N) is 2. The molecule has 0 heterocycles. The van der Waals surface area contributed by atoms with E-state index in [0.717, 1.165) is 40.5 Å². The SMILES string of the molecule is CCCCCCCC.CCCCCCCC.CN(CCO)c1cccc(OCc2ccccc2)c1.CN(CCO[Si](c1ccccc1)(c1ccccc1)C(C)(C)C)c1cccc(OCc2ccccc2)c1.[NH-]F.